The Morgan fingerprint density at radius 3 is 1.30 bits per heavy atom. The molecule has 8 rings (SSSR count). The topological polar surface area (TPSA) is 40.5 Å². The summed E-state index contributed by atoms with van der Waals surface area (Å²) in [4.78, 5) is 0. The zero-order valence-electron chi connectivity index (χ0n) is 39.7. The molecule has 8 saturated carbocycles. The van der Waals surface area contributed by atoms with E-state index in [1.807, 2.05) is 0 Å². The second kappa shape index (κ2) is 19.3. The molecular formula is C58H88O2. The Morgan fingerprint density at radius 1 is 0.550 bits per heavy atom. The Labute approximate surface area is 369 Å². The molecule has 2 heteroatoms. The zero-order chi connectivity index (χ0) is 42.9. The molecule has 0 aromatic carbocycles. The van der Waals surface area contributed by atoms with Crippen molar-refractivity contribution in [3.8, 4) is 0 Å². The van der Waals surface area contributed by atoms with Crippen molar-refractivity contribution in [2.24, 2.45) is 81.8 Å². The van der Waals surface area contributed by atoms with E-state index in [4.69, 9.17) is 0 Å². The molecule has 0 aliphatic heterocycles. The Morgan fingerprint density at radius 2 is 0.933 bits per heavy atom. The lowest BCUT2D eigenvalue weighted by Gasteiger charge is -2.44. The van der Waals surface area contributed by atoms with Crippen LogP contribution in [0.2, 0.25) is 0 Å². The van der Waals surface area contributed by atoms with Crippen LogP contribution in [0.5, 0.6) is 0 Å². The first-order chi connectivity index (χ1) is 28.6. The summed E-state index contributed by atoms with van der Waals surface area (Å²) in [5.41, 5.74) is 9.99. The molecular weight excluding hydrogens is 729 g/mol. The van der Waals surface area contributed by atoms with Gasteiger partial charge in [-0.1, -0.05) is 128 Å². The molecule has 0 spiro atoms. The third-order valence-electron chi connectivity index (χ3n) is 18.4. The lowest BCUT2D eigenvalue weighted by Crippen LogP contribution is -2.35. The monoisotopic (exact) mass is 817 g/mol. The summed E-state index contributed by atoms with van der Waals surface area (Å²) in [6, 6.07) is 0. The molecule has 8 aliphatic carbocycles. The van der Waals surface area contributed by atoms with Gasteiger partial charge in [-0.25, -0.2) is 0 Å². The SMILES string of the molecule is C=C1/C(=C/C=C2\CCC[C@@]3(C)[C@H]2CC[C@H]3[C@H](C)/C=C/[C@@H](O)C2CC2)C[C@@H](C)C[C@@H]1C.C=C1/C(=C/C=C2\CCC[C@@]3(C)[C@H]2CC[C@H]3[C@H](C)/C=C/[C@H](O)C2CC2)C[C@@H](C)C[C@@H]1C. The number of allylic oxidation sites excluding steroid dienone is 12. The van der Waals surface area contributed by atoms with Crippen LogP contribution in [0, 0.1) is 81.8 Å². The molecule has 8 aliphatic rings. The summed E-state index contributed by atoms with van der Waals surface area (Å²) in [6.45, 7) is 28.2. The van der Waals surface area contributed by atoms with Crippen molar-refractivity contribution in [1.29, 1.82) is 0 Å². The van der Waals surface area contributed by atoms with Crippen molar-refractivity contribution in [3.63, 3.8) is 0 Å². The number of fused-ring (bicyclic) bond motifs is 2. The van der Waals surface area contributed by atoms with Crippen molar-refractivity contribution in [2.45, 2.75) is 183 Å². The lowest BCUT2D eigenvalue weighted by molar-refractivity contribution is 0.111. The van der Waals surface area contributed by atoms with E-state index < -0.39 is 0 Å². The van der Waals surface area contributed by atoms with Crippen LogP contribution in [0.1, 0.15) is 171 Å². The van der Waals surface area contributed by atoms with Crippen LogP contribution < -0.4 is 0 Å². The van der Waals surface area contributed by atoms with Crippen LogP contribution in [0.25, 0.3) is 0 Å². The molecule has 0 unspecified atom stereocenters. The van der Waals surface area contributed by atoms with E-state index in [1.165, 1.54) is 138 Å². The van der Waals surface area contributed by atoms with Gasteiger partial charge in [-0.3, -0.25) is 0 Å². The van der Waals surface area contributed by atoms with Gasteiger partial charge in [-0.15, -0.1) is 0 Å². The molecule has 14 atom stereocenters. The van der Waals surface area contributed by atoms with E-state index in [-0.39, 0.29) is 12.2 Å². The molecule has 0 amide bonds. The number of hydrogen-bond acceptors (Lipinski definition) is 2. The molecule has 0 aromatic heterocycles. The molecule has 332 valence electrons. The van der Waals surface area contributed by atoms with Crippen LogP contribution >= 0.6 is 0 Å². The summed E-state index contributed by atoms with van der Waals surface area (Å²) >= 11 is 0. The molecule has 0 radical (unpaired) electrons. The quantitative estimate of drug-likeness (QED) is 0.216. The Hall–Kier alpha value is -2.16. The number of aliphatic hydroxyl groups is 2. The smallest absolute Gasteiger partial charge is 0.0749 e. The van der Waals surface area contributed by atoms with Gasteiger partial charge >= 0.3 is 0 Å². The zero-order valence-corrected chi connectivity index (χ0v) is 39.7. The van der Waals surface area contributed by atoms with E-state index >= 15 is 0 Å². The average Bonchev–Trinajstić information content (AvgIpc) is 4.15. The highest BCUT2D eigenvalue weighted by Gasteiger charge is 2.51. The number of aliphatic hydroxyl groups excluding tert-OH is 2. The van der Waals surface area contributed by atoms with Crippen molar-refractivity contribution >= 4 is 0 Å². The second-order valence-electron chi connectivity index (χ2n) is 23.1. The normalized spacial score (nSPS) is 42.1. The maximum Gasteiger partial charge on any atom is 0.0749 e. The fourth-order valence-corrected chi connectivity index (χ4v) is 14.4. The molecule has 0 saturated heterocycles. The maximum atomic E-state index is 10.3. The molecule has 8 fully saturated rings. The predicted molar refractivity (Wildman–Crippen MR) is 256 cm³/mol. The van der Waals surface area contributed by atoms with Crippen LogP contribution in [-0.2, 0) is 0 Å². The summed E-state index contributed by atoms with van der Waals surface area (Å²) in [5.74, 6) is 7.98. The van der Waals surface area contributed by atoms with Crippen LogP contribution in [0.3, 0.4) is 0 Å². The van der Waals surface area contributed by atoms with E-state index in [9.17, 15) is 10.2 Å². The first kappa shape index (κ1) is 45.9. The number of rotatable bonds is 10. The first-order valence-electron chi connectivity index (χ1n) is 25.5. The number of hydrogen-bond donors (Lipinski definition) is 2. The second-order valence-corrected chi connectivity index (χ2v) is 23.1. The fourth-order valence-electron chi connectivity index (χ4n) is 14.4. The Bertz CT molecular complexity index is 1600. The minimum absolute atomic E-state index is 0.209. The van der Waals surface area contributed by atoms with Gasteiger partial charge in [0.25, 0.3) is 0 Å². The van der Waals surface area contributed by atoms with E-state index in [0.717, 1.165) is 35.5 Å². The van der Waals surface area contributed by atoms with Crippen LogP contribution in [0.4, 0.5) is 0 Å². The predicted octanol–water partition coefficient (Wildman–Crippen LogP) is 15.3. The average molecular weight is 817 g/mol. The fraction of sp³-hybridized carbons (Fsp3) is 0.724. The maximum absolute atomic E-state index is 10.3. The van der Waals surface area contributed by atoms with Gasteiger partial charge in [0.2, 0.25) is 0 Å². The Balaban J connectivity index is 0.000000181. The van der Waals surface area contributed by atoms with Crippen molar-refractivity contribution in [1.82, 2.24) is 0 Å². The van der Waals surface area contributed by atoms with E-state index in [0.29, 0.717) is 46.3 Å². The Kier molecular flexibility index (Phi) is 14.7. The van der Waals surface area contributed by atoms with E-state index in [2.05, 4.69) is 117 Å². The summed E-state index contributed by atoms with van der Waals surface area (Å²) < 4.78 is 0. The third kappa shape index (κ3) is 10.3. The summed E-state index contributed by atoms with van der Waals surface area (Å²) in [6.07, 6.45) is 41.5. The standard InChI is InChI=1S/2C29H44O/c2*1-19-17-21(3)22(4)25(18-19)12-9-23-7-6-16-29(5)26(13-14-27(23)29)20(2)8-15-28(30)24-10-11-24/h2*8-9,12,15,19-21,24,26-28,30H,4,6-7,10-11,13-14,16-18H2,1-3,5H3/b2*15-8+,23-9+,25-12+/t19-,20+,21-,26-,27-,28+,29+;19-,20+,21-,26-,27-,28-,29+/m00/s1. The van der Waals surface area contributed by atoms with Crippen LogP contribution in [0.15, 0.2) is 95.2 Å². The van der Waals surface area contributed by atoms with Crippen molar-refractivity contribution < 1.29 is 10.2 Å². The minimum Gasteiger partial charge on any atom is -0.389 e. The molecule has 0 aromatic rings. The molecule has 0 bridgehead atoms. The van der Waals surface area contributed by atoms with E-state index in [1.54, 1.807) is 11.1 Å². The first-order valence-corrected chi connectivity index (χ1v) is 25.5. The van der Waals surface area contributed by atoms with Crippen molar-refractivity contribution in [2.75, 3.05) is 0 Å². The van der Waals surface area contributed by atoms with Crippen molar-refractivity contribution in [3.05, 3.63) is 95.2 Å². The van der Waals surface area contributed by atoms with Gasteiger partial charge in [-0.2, -0.15) is 0 Å². The van der Waals surface area contributed by atoms with Gasteiger partial charge < -0.3 is 10.2 Å². The van der Waals surface area contributed by atoms with Gasteiger partial charge in [0.05, 0.1) is 12.2 Å². The summed E-state index contributed by atoms with van der Waals surface area (Å²) in [5, 5.41) is 20.5. The molecule has 60 heavy (non-hydrogen) atoms. The molecule has 0 heterocycles. The molecule has 2 nitrogen and oxygen atoms in total. The highest BCUT2D eigenvalue weighted by atomic mass is 16.3. The minimum atomic E-state index is -0.209. The summed E-state index contributed by atoms with van der Waals surface area (Å²) in [7, 11) is 0. The lowest BCUT2D eigenvalue weighted by atomic mass is 9.61. The highest BCUT2D eigenvalue weighted by Crippen LogP contribution is 2.61. The molecule has 2 N–H and O–H groups in total. The van der Waals surface area contributed by atoms with Crippen LogP contribution in [-0.4, -0.2) is 22.4 Å². The van der Waals surface area contributed by atoms with Gasteiger partial charge in [0.15, 0.2) is 0 Å². The van der Waals surface area contributed by atoms with Gasteiger partial charge in [0.1, 0.15) is 0 Å². The van der Waals surface area contributed by atoms with Gasteiger partial charge in [-0.05, 0) is 220 Å². The highest BCUT2D eigenvalue weighted by molar-refractivity contribution is 5.38. The third-order valence-corrected chi connectivity index (χ3v) is 18.4. The van der Waals surface area contributed by atoms with Gasteiger partial charge in [0, 0.05) is 0 Å². The largest absolute Gasteiger partial charge is 0.389 e.